The van der Waals surface area contributed by atoms with Crippen LogP contribution in [0.2, 0.25) is 0 Å². The van der Waals surface area contributed by atoms with Gasteiger partial charge in [0.05, 0.1) is 0 Å². The van der Waals surface area contributed by atoms with Crippen LogP contribution in [0.25, 0.3) is 0 Å². The summed E-state index contributed by atoms with van der Waals surface area (Å²) < 4.78 is 0. The summed E-state index contributed by atoms with van der Waals surface area (Å²) in [7, 11) is 0. The number of anilines is 1. The van der Waals surface area contributed by atoms with E-state index >= 15 is 0 Å². The van der Waals surface area contributed by atoms with Crippen molar-refractivity contribution in [2.75, 3.05) is 5.73 Å². The van der Waals surface area contributed by atoms with Crippen LogP contribution in [0.4, 0.5) is 5.69 Å². The van der Waals surface area contributed by atoms with E-state index in [4.69, 9.17) is 5.73 Å². The zero-order chi connectivity index (χ0) is 8.27. The molecule has 1 rings (SSSR count). The quantitative estimate of drug-likeness (QED) is 0.641. The van der Waals surface area contributed by atoms with E-state index in [0.717, 1.165) is 16.8 Å². The number of nitrogens with two attached hydrogens (primary N) is 1. The molecular weight excluding hydrogens is 138 g/mol. The molecule has 0 aromatic heterocycles. The molecule has 2 N–H and O–H groups in total. The predicted molar refractivity (Wildman–Crippen MR) is 45.0 cm³/mol. The Labute approximate surface area is 66.0 Å². The largest absolute Gasteiger partial charge is 0.399 e. The summed E-state index contributed by atoms with van der Waals surface area (Å²) in [5.41, 5.74) is 8.30. The van der Waals surface area contributed by atoms with Gasteiger partial charge in [0.2, 0.25) is 6.29 Å². The molecule has 0 saturated heterocycles. The second kappa shape index (κ2) is 3.19. The maximum atomic E-state index is 10.1. The van der Waals surface area contributed by atoms with E-state index in [1.54, 1.807) is 6.07 Å². The topological polar surface area (TPSA) is 43.1 Å². The van der Waals surface area contributed by atoms with Gasteiger partial charge in [-0.1, -0.05) is 6.07 Å². The first-order chi connectivity index (χ1) is 5.24. The van der Waals surface area contributed by atoms with Crippen molar-refractivity contribution in [2.24, 2.45) is 0 Å². The lowest BCUT2D eigenvalue weighted by molar-refractivity contribution is 0.555. The highest BCUT2D eigenvalue weighted by Gasteiger charge is 1.96. The lowest BCUT2D eigenvalue weighted by atomic mass is 10.1. The highest BCUT2D eigenvalue weighted by molar-refractivity contribution is 5.58. The van der Waals surface area contributed by atoms with Crippen LogP contribution in [0.1, 0.15) is 11.1 Å². The fraction of sp³-hybridized carbons (Fsp3) is 0.222. The smallest absolute Gasteiger partial charge is 0.203 e. The van der Waals surface area contributed by atoms with E-state index in [9.17, 15) is 4.79 Å². The van der Waals surface area contributed by atoms with Crippen molar-refractivity contribution in [3.05, 3.63) is 29.3 Å². The zero-order valence-corrected chi connectivity index (χ0v) is 6.42. The summed E-state index contributed by atoms with van der Waals surface area (Å²) in [6, 6.07) is 5.50. The molecule has 0 bridgehead atoms. The first kappa shape index (κ1) is 7.79. The van der Waals surface area contributed by atoms with Crippen LogP contribution in [-0.4, -0.2) is 6.29 Å². The summed E-state index contributed by atoms with van der Waals surface area (Å²) in [5.74, 6) is 0. The zero-order valence-electron chi connectivity index (χ0n) is 6.42. The number of benzene rings is 1. The van der Waals surface area contributed by atoms with Crippen LogP contribution in [0.15, 0.2) is 18.2 Å². The summed E-state index contributed by atoms with van der Waals surface area (Å²) >= 11 is 0. The van der Waals surface area contributed by atoms with Crippen LogP contribution >= 0.6 is 0 Å². The summed E-state index contributed by atoms with van der Waals surface area (Å²) in [6.07, 6.45) is 2.21. The fourth-order valence-electron chi connectivity index (χ4n) is 0.995. The van der Waals surface area contributed by atoms with E-state index in [1.165, 1.54) is 0 Å². The normalized spacial score (nSPS) is 9.55. The number of nitrogen functional groups attached to an aromatic ring is 1. The summed E-state index contributed by atoms with van der Waals surface area (Å²) in [5, 5.41) is 0. The van der Waals surface area contributed by atoms with Crippen molar-refractivity contribution in [3.8, 4) is 0 Å². The molecule has 0 heterocycles. The Morgan fingerprint density at radius 1 is 1.55 bits per heavy atom. The summed E-state index contributed by atoms with van der Waals surface area (Å²) in [4.78, 5) is 10.1. The molecule has 0 aliphatic heterocycles. The van der Waals surface area contributed by atoms with Gasteiger partial charge in [0.15, 0.2) is 0 Å². The van der Waals surface area contributed by atoms with Gasteiger partial charge >= 0.3 is 0 Å². The van der Waals surface area contributed by atoms with Crippen molar-refractivity contribution in [1.82, 2.24) is 0 Å². The second-order valence-corrected chi connectivity index (χ2v) is 2.51. The maximum absolute atomic E-state index is 10.1. The number of rotatable bonds is 2. The first-order valence-corrected chi connectivity index (χ1v) is 3.44. The third-order valence-corrected chi connectivity index (χ3v) is 1.63. The average Bonchev–Trinajstić information content (AvgIpc) is 1.95. The minimum atomic E-state index is 0.353. The molecule has 0 atom stereocenters. The van der Waals surface area contributed by atoms with Crippen LogP contribution < -0.4 is 5.73 Å². The van der Waals surface area contributed by atoms with Crippen molar-refractivity contribution in [2.45, 2.75) is 13.3 Å². The Hall–Kier alpha value is -1.31. The van der Waals surface area contributed by atoms with Gasteiger partial charge in [-0.25, -0.2) is 0 Å². The maximum Gasteiger partial charge on any atom is 0.203 e. The minimum Gasteiger partial charge on any atom is -0.399 e. The fourth-order valence-corrected chi connectivity index (χ4v) is 0.995. The van der Waals surface area contributed by atoms with E-state index in [2.05, 4.69) is 0 Å². The van der Waals surface area contributed by atoms with Crippen molar-refractivity contribution < 1.29 is 4.79 Å². The van der Waals surface area contributed by atoms with Gasteiger partial charge in [-0.15, -0.1) is 0 Å². The van der Waals surface area contributed by atoms with Gasteiger partial charge in [-0.3, -0.25) is 4.79 Å². The highest BCUT2D eigenvalue weighted by atomic mass is 16.1. The Balaban J connectivity index is 2.98. The van der Waals surface area contributed by atoms with Gasteiger partial charge in [-0.2, -0.15) is 0 Å². The SMILES string of the molecule is Cc1cc(N)ccc1C[C]=O. The first-order valence-electron chi connectivity index (χ1n) is 3.44. The average molecular weight is 148 g/mol. The van der Waals surface area contributed by atoms with Crippen LogP contribution in [0.3, 0.4) is 0 Å². The van der Waals surface area contributed by atoms with E-state index < -0.39 is 0 Å². The standard InChI is InChI=1S/C9H10NO/c1-7-6-9(10)3-2-8(7)4-5-11/h2-3,6H,4,10H2,1H3. The van der Waals surface area contributed by atoms with Crippen molar-refractivity contribution in [1.29, 1.82) is 0 Å². The molecule has 0 fully saturated rings. The lowest BCUT2D eigenvalue weighted by Crippen LogP contribution is -1.92. The second-order valence-electron chi connectivity index (χ2n) is 2.51. The van der Waals surface area contributed by atoms with E-state index in [0.29, 0.717) is 6.42 Å². The predicted octanol–water partition coefficient (Wildman–Crippen LogP) is 1.23. The molecule has 1 radical (unpaired) electrons. The molecule has 0 aliphatic rings. The third kappa shape index (κ3) is 1.80. The Morgan fingerprint density at radius 3 is 2.82 bits per heavy atom. The molecule has 0 spiro atoms. The molecule has 0 unspecified atom stereocenters. The molecular formula is C9H10NO. The third-order valence-electron chi connectivity index (χ3n) is 1.63. The Kier molecular flexibility index (Phi) is 2.26. The molecule has 0 aliphatic carbocycles. The highest BCUT2D eigenvalue weighted by Crippen LogP contribution is 2.11. The van der Waals surface area contributed by atoms with Gasteiger partial charge in [-0.05, 0) is 30.2 Å². The molecule has 1 aromatic rings. The van der Waals surface area contributed by atoms with Crippen LogP contribution in [-0.2, 0) is 11.2 Å². The van der Waals surface area contributed by atoms with E-state index in [1.807, 2.05) is 25.3 Å². The van der Waals surface area contributed by atoms with E-state index in [-0.39, 0.29) is 0 Å². The molecule has 2 heteroatoms. The number of hydrogen-bond acceptors (Lipinski definition) is 2. The molecule has 57 valence electrons. The molecule has 2 nitrogen and oxygen atoms in total. The molecule has 0 amide bonds. The van der Waals surface area contributed by atoms with Gasteiger partial charge in [0.25, 0.3) is 0 Å². The Bertz CT molecular complexity index is 268. The lowest BCUT2D eigenvalue weighted by Gasteiger charge is -2.01. The van der Waals surface area contributed by atoms with Gasteiger partial charge in [0.1, 0.15) is 0 Å². The number of hydrogen-bond donors (Lipinski definition) is 1. The minimum absolute atomic E-state index is 0.353. The van der Waals surface area contributed by atoms with Gasteiger partial charge in [0, 0.05) is 12.1 Å². The number of carbonyl (C=O) groups excluding carboxylic acids is 1. The van der Waals surface area contributed by atoms with Crippen LogP contribution in [0, 0.1) is 6.92 Å². The molecule has 0 saturated carbocycles. The van der Waals surface area contributed by atoms with Crippen LogP contribution in [0.5, 0.6) is 0 Å². The number of aryl methyl sites for hydroxylation is 1. The monoisotopic (exact) mass is 148 g/mol. The Morgan fingerprint density at radius 2 is 2.27 bits per heavy atom. The van der Waals surface area contributed by atoms with Gasteiger partial charge < -0.3 is 5.73 Å². The van der Waals surface area contributed by atoms with Crippen molar-refractivity contribution in [3.63, 3.8) is 0 Å². The molecule has 1 aromatic carbocycles. The summed E-state index contributed by atoms with van der Waals surface area (Å²) in [6.45, 7) is 1.93. The molecule has 11 heavy (non-hydrogen) atoms. The van der Waals surface area contributed by atoms with Crippen molar-refractivity contribution >= 4 is 12.0 Å².